The molecule has 116 valence electrons. The van der Waals surface area contributed by atoms with Crippen LogP contribution in [0, 0.1) is 5.92 Å². The van der Waals surface area contributed by atoms with E-state index >= 15 is 0 Å². The molecule has 2 rings (SSSR count). The second-order valence-corrected chi connectivity index (χ2v) is 5.57. The third-order valence-corrected chi connectivity index (χ3v) is 4.21. The van der Waals surface area contributed by atoms with Gasteiger partial charge >= 0.3 is 5.97 Å². The van der Waals surface area contributed by atoms with E-state index < -0.39 is 0 Å². The maximum atomic E-state index is 11.8. The fourth-order valence-corrected chi connectivity index (χ4v) is 3.10. The molecule has 1 fully saturated rings. The zero-order valence-corrected chi connectivity index (χ0v) is 12.8. The van der Waals surface area contributed by atoms with Crippen LogP contribution in [0.2, 0.25) is 0 Å². The number of nitrogens with zero attached hydrogens (tertiary/aromatic N) is 1. The molecule has 2 N–H and O–H groups in total. The van der Waals surface area contributed by atoms with Crippen LogP contribution >= 0.6 is 0 Å². The standard InChI is InChI=1S/C17H26N2O2/c1-2-21-17(20)15-9-12-19(13-10-15)16(8-11-18)14-6-4-3-5-7-14/h3-7,15-16H,2,8-13,18H2,1H3. The lowest BCUT2D eigenvalue weighted by atomic mass is 9.93. The van der Waals surface area contributed by atoms with Crippen LogP contribution in [0.5, 0.6) is 0 Å². The molecule has 21 heavy (non-hydrogen) atoms. The van der Waals surface area contributed by atoms with E-state index in [1.807, 2.05) is 13.0 Å². The average Bonchev–Trinajstić information content (AvgIpc) is 2.54. The summed E-state index contributed by atoms with van der Waals surface area (Å²) in [4.78, 5) is 14.3. The molecule has 0 bridgehead atoms. The van der Waals surface area contributed by atoms with Crippen LogP contribution in [0.25, 0.3) is 0 Å². The van der Waals surface area contributed by atoms with Gasteiger partial charge in [0.2, 0.25) is 0 Å². The van der Waals surface area contributed by atoms with E-state index in [1.54, 1.807) is 0 Å². The summed E-state index contributed by atoms with van der Waals surface area (Å²) >= 11 is 0. The first-order valence-electron chi connectivity index (χ1n) is 7.92. The highest BCUT2D eigenvalue weighted by atomic mass is 16.5. The molecule has 1 aliphatic heterocycles. The van der Waals surface area contributed by atoms with Gasteiger partial charge in [0, 0.05) is 6.04 Å². The summed E-state index contributed by atoms with van der Waals surface area (Å²) in [6.07, 6.45) is 2.72. The van der Waals surface area contributed by atoms with Crippen LogP contribution in [0.1, 0.15) is 37.8 Å². The Morgan fingerprint density at radius 2 is 2.00 bits per heavy atom. The first-order valence-corrected chi connectivity index (χ1v) is 7.92. The number of nitrogens with two attached hydrogens (primary N) is 1. The molecule has 4 heteroatoms. The summed E-state index contributed by atoms with van der Waals surface area (Å²) in [5, 5.41) is 0. The van der Waals surface area contributed by atoms with Crippen molar-refractivity contribution < 1.29 is 9.53 Å². The molecule has 0 saturated carbocycles. The monoisotopic (exact) mass is 290 g/mol. The van der Waals surface area contributed by atoms with Crippen molar-refractivity contribution in [2.45, 2.75) is 32.2 Å². The van der Waals surface area contributed by atoms with E-state index in [2.05, 4.69) is 29.2 Å². The van der Waals surface area contributed by atoms with E-state index in [-0.39, 0.29) is 11.9 Å². The number of carbonyl (C=O) groups is 1. The minimum atomic E-state index is -0.0350. The van der Waals surface area contributed by atoms with Gasteiger partial charge in [-0.05, 0) is 51.4 Å². The average molecular weight is 290 g/mol. The molecule has 1 unspecified atom stereocenters. The number of piperidine rings is 1. The Hall–Kier alpha value is -1.39. The summed E-state index contributed by atoms with van der Waals surface area (Å²) in [7, 11) is 0. The van der Waals surface area contributed by atoms with Gasteiger partial charge in [0.05, 0.1) is 12.5 Å². The highest BCUT2D eigenvalue weighted by Gasteiger charge is 2.29. The Bertz CT molecular complexity index is 428. The molecular weight excluding hydrogens is 264 g/mol. The molecule has 1 atom stereocenters. The molecule has 1 aliphatic rings. The van der Waals surface area contributed by atoms with E-state index in [4.69, 9.17) is 10.5 Å². The fraction of sp³-hybridized carbons (Fsp3) is 0.588. The summed E-state index contributed by atoms with van der Waals surface area (Å²) in [6.45, 7) is 4.88. The van der Waals surface area contributed by atoms with Gasteiger partial charge < -0.3 is 10.5 Å². The Morgan fingerprint density at radius 1 is 1.33 bits per heavy atom. The molecule has 1 aromatic carbocycles. The maximum absolute atomic E-state index is 11.8. The van der Waals surface area contributed by atoms with Crippen molar-refractivity contribution in [2.24, 2.45) is 11.7 Å². The maximum Gasteiger partial charge on any atom is 0.309 e. The van der Waals surface area contributed by atoms with Crippen LogP contribution in [0.15, 0.2) is 30.3 Å². The number of ether oxygens (including phenoxy) is 1. The predicted molar refractivity (Wildman–Crippen MR) is 83.8 cm³/mol. The zero-order chi connectivity index (χ0) is 15.1. The molecule has 1 heterocycles. The third-order valence-electron chi connectivity index (χ3n) is 4.21. The van der Waals surface area contributed by atoms with Crippen molar-refractivity contribution in [3.63, 3.8) is 0 Å². The quantitative estimate of drug-likeness (QED) is 0.817. The number of benzene rings is 1. The van der Waals surface area contributed by atoms with Crippen molar-refractivity contribution >= 4 is 5.97 Å². The summed E-state index contributed by atoms with van der Waals surface area (Å²) in [6, 6.07) is 10.9. The fourth-order valence-electron chi connectivity index (χ4n) is 3.10. The van der Waals surface area contributed by atoms with Crippen LogP contribution in [0.4, 0.5) is 0 Å². The Balaban J connectivity index is 1.96. The third kappa shape index (κ3) is 4.29. The van der Waals surface area contributed by atoms with Crippen LogP contribution in [0.3, 0.4) is 0 Å². The van der Waals surface area contributed by atoms with Crippen LogP contribution in [-0.2, 0) is 9.53 Å². The van der Waals surface area contributed by atoms with Gasteiger partial charge in [0.15, 0.2) is 0 Å². The molecule has 1 saturated heterocycles. The zero-order valence-electron chi connectivity index (χ0n) is 12.8. The second kappa shape index (κ2) is 8.15. The van der Waals surface area contributed by atoms with Crippen molar-refractivity contribution in [1.82, 2.24) is 4.90 Å². The highest BCUT2D eigenvalue weighted by Crippen LogP contribution is 2.29. The van der Waals surface area contributed by atoms with Gasteiger partial charge in [-0.25, -0.2) is 0 Å². The van der Waals surface area contributed by atoms with Crippen molar-refractivity contribution in [2.75, 3.05) is 26.2 Å². The van der Waals surface area contributed by atoms with Crippen molar-refractivity contribution in [1.29, 1.82) is 0 Å². The van der Waals surface area contributed by atoms with Crippen molar-refractivity contribution in [3.8, 4) is 0 Å². The van der Waals surface area contributed by atoms with E-state index in [0.717, 1.165) is 32.4 Å². The number of carbonyl (C=O) groups excluding carboxylic acids is 1. The lowest BCUT2D eigenvalue weighted by Crippen LogP contribution is -2.39. The Kier molecular flexibility index (Phi) is 6.21. The highest BCUT2D eigenvalue weighted by molar-refractivity contribution is 5.72. The molecule has 0 aromatic heterocycles. The minimum Gasteiger partial charge on any atom is -0.466 e. The number of hydrogen-bond acceptors (Lipinski definition) is 4. The van der Waals surface area contributed by atoms with Gasteiger partial charge in [0.1, 0.15) is 0 Å². The molecule has 0 aliphatic carbocycles. The van der Waals surface area contributed by atoms with Crippen LogP contribution in [-0.4, -0.2) is 37.1 Å². The van der Waals surface area contributed by atoms with Gasteiger partial charge in [-0.15, -0.1) is 0 Å². The molecular formula is C17H26N2O2. The topological polar surface area (TPSA) is 55.6 Å². The Morgan fingerprint density at radius 3 is 2.57 bits per heavy atom. The first kappa shape index (κ1) is 16.0. The number of hydrogen-bond donors (Lipinski definition) is 1. The minimum absolute atomic E-state index is 0.0350. The lowest BCUT2D eigenvalue weighted by molar-refractivity contribution is -0.149. The Labute approximate surface area is 127 Å². The normalized spacial score (nSPS) is 18.4. The smallest absolute Gasteiger partial charge is 0.309 e. The summed E-state index contributed by atoms with van der Waals surface area (Å²) in [5.74, 6) is 0.0303. The van der Waals surface area contributed by atoms with E-state index in [1.165, 1.54) is 5.56 Å². The molecule has 0 spiro atoms. The van der Waals surface area contributed by atoms with Gasteiger partial charge in [-0.3, -0.25) is 9.69 Å². The summed E-state index contributed by atoms with van der Waals surface area (Å²) in [5.41, 5.74) is 7.10. The molecule has 0 amide bonds. The van der Waals surface area contributed by atoms with Crippen molar-refractivity contribution in [3.05, 3.63) is 35.9 Å². The van der Waals surface area contributed by atoms with E-state index in [9.17, 15) is 4.79 Å². The number of esters is 1. The SMILES string of the molecule is CCOC(=O)C1CCN(C(CCN)c2ccccc2)CC1. The first-order chi connectivity index (χ1) is 10.3. The second-order valence-electron chi connectivity index (χ2n) is 5.57. The molecule has 0 radical (unpaired) electrons. The number of rotatable bonds is 6. The summed E-state index contributed by atoms with van der Waals surface area (Å²) < 4.78 is 5.13. The predicted octanol–water partition coefficient (Wildman–Crippen LogP) is 2.35. The largest absolute Gasteiger partial charge is 0.466 e. The van der Waals surface area contributed by atoms with Crippen LogP contribution < -0.4 is 5.73 Å². The van der Waals surface area contributed by atoms with Gasteiger partial charge in [-0.2, -0.15) is 0 Å². The lowest BCUT2D eigenvalue weighted by Gasteiger charge is -2.37. The molecule has 4 nitrogen and oxygen atoms in total. The van der Waals surface area contributed by atoms with Gasteiger partial charge in [-0.1, -0.05) is 30.3 Å². The molecule has 1 aromatic rings. The van der Waals surface area contributed by atoms with E-state index in [0.29, 0.717) is 19.2 Å². The van der Waals surface area contributed by atoms with Gasteiger partial charge in [0.25, 0.3) is 0 Å². The number of likely N-dealkylation sites (tertiary alicyclic amines) is 1.